The van der Waals surface area contributed by atoms with E-state index in [9.17, 15) is 4.39 Å². The third-order valence-electron chi connectivity index (χ3n) is 2.37. The molecule has 0 radical (unpaired) electrons. The Hall–Kier alpha value is -2.04. The quantitative estimate of drug-likeness (QED) is 0.775. The van der Waals surface area contributed by atoms with Crippen LogP contribution in [0.1, 0.15) is 5.82 Å². The van der Waals surface area contributed by atoms with Gasteiger partial charge in [0.1, 0.15) is 11.6 Å². The van der Waals surface area contributed by atoms with Gasteiger partial charge in [-0.25, -0.2) is 9.37 Å². The zero-order valence-corrected chi connectivity index (χ0v) is 8.94. The van der Waals surface area contributed by atoms with E-state index >= 15 is 0 Å². The monoisotopic (exact) mass is 220 g/mol. The second-order valence-electron chi connectivity index (χ2n) is 3.54. The highest BCUT2D eigenvalue weighted by Crippen LogP contribution is 2.19. The number of nitrogens with two attached hydrogens (primary N) is 1. The summed E-state index contributed by atoms with van der Waals surface area (Å²) in [6.45, 7) is 0.511. The van der Waals surface area contributed by atoms with E-state index in [4.69, 9.17) is 5.73 Å². The maximum absolute atomic E-state index is 13.0. The summed E-state index contributed by atoms with van der Waals surface area (Å²) in [5.74, 6) is 0.556. The van der Waals surface area contributed by atoms with Crippen molar-refractivity contribution in [3.8, 4) is 0 Å². The molecule has 0 aliphatic rings. The third-order valence-corrected chi connectivity index (χ3v) is 2.37. The van der Waals surface area contributed by atoms with Crippen LogP contribution in [0.15, 0.2) is 30.6 Å². The van der Waals surface area contributed by atoms with Crippen molar-refractivity contribution < 1.29 is 4.39 Å². The fourth-order valence-electron chi connectivity index (χ4n) is 1.42. The molecule has 0 fully saturated rings. The van der Waals surface area contributed by atoms with E-state index in [0.717, 1.165) is 5.82 Å². The molecule has 0 saturated heterocycles. The molecule has 2 rings (SSSR count). The Labute approximate surface area is 92.9 Å². The number of rotatable bonds is 3. The highest BCUT2D eigenvalue weighted by atomic mass is 19.1. The lowest BCUT2D eigenvalue weighted by Gasteiger charge is -2.09. The van der Waals surface area contributed by atoms with Crippen molar-refractivity contribution in [3.63, 3.8) is 0 Å². The van der Waals surface area contributed by atoms with Crippen LogP contribution in [0.3, 0.4) is 0 Å². The molecule has 0 atom stereocenters. The number of nitrogens with zero attached hydrogens (tertiary/aromatic N) is 2. The highest BCUT2D eigenvalue weighted by molar-refractivity contribution is 5.65. The predicted molar refractivity (Wildman–Crippen MR) is 61.3 cm³/mol. The molecule has 2 aromatic rings. The van der Waals surface area contributed by atoms with Crippen LogP contribution >= 0.6 is 0 Å². The van der Waals surface area contributed by atoms with Crippen LogP contribution < -0.4 is 11.1 Å². The second kappa shape index (κ2) is 4.22. The molecule has 0 bridgehead atoms. The van der Waals surface area contributed by atoms with Crippen LogP contribution in [0.4, 0.5) is 15.8 Å². The molecular formula is C11H13FN4. The van der Waals surface area contributed by atoms with Crippen LogP contribution in [0, 0.1) is 5.82 Å². The summed E-state index contributed by atoms with van der Waals surface area (Å²) in [6.07, 6.45) is 3.57. The summed E-state index contributed by atoms with van der Waals surface area (Å²) in [7, 11) is 1.90. The van der Waals surface area contributed by atoms with Gasteiger partial charge in [-0.3, -0.25) is 0 Å². The van der Waals surface area contributed by atoms with Gasteiger partial charge in [-0.1, -0.05) is 0 Å². The molecule has 0 spiro atoms. The molecule has 4 nitrogen and oxygen atoms in total. The number of hydrogen-bond acceptors (Lipinski definition) is 3. The van der Waals surface area contributed by atoms with E-state index in [1.54, 1.807) is 6.20 Å². The second-order valence-corrected chi connectivity index (χ2v) is 3.54. The van der Waals surface area contributed by atoms with E-state index in [1.165, 1.54) is 18.2 Å². The largest absolute Gasteiger partial charge is 0.397 e. The van der Waals surface area contributed by atoms with E-state index in [2.05, 4.69) is 10.3 Å². The van der Waals surface area contributed by atoms with Crippen LogP contribution in [0.2, 0.25) is 0 Å². The number of nitrogen functional groups attached to an aromatic ring is 1. The highest BCUT2D eigenvalue weighted by Gasteiger charge is 2.03. The summed E-state index contributed by atoms with van der Waals surface area (Å²) in [6, 6.07) is 4.25. The Balaban J connectivity index is 2.10. The van der Waals surface area contributed by atoms with Crippen LogP contribution in [-0.4, -0.2) is 9.55 Å². The van der Waals surface area contributed by atoms with Gasteiger partial charge in [0, 0.05) is 19.4 Å². The molecule has 3 N–H and O–H groups in total. The third kappa shape index (κ3) is 2.13. The van der Waals surface area contributed by atoms with E-state index in [0.29, 0.717) is 17.9 Å². The number of imidazole rings is 1. The number of hydrogen-bond donors (Lipinski definition) is 2. The lowest BCUT2D eigenvalue weighted by Crippen LogP contribution is -2.07. The maximum Gasteiger partial charge on any atom is 0.127 e. The molecule has 5 heteroatoms. The van der Waals surface area contributed by atoms with Crippen LogP contribution in [-0.2, 0) is 13.6 Å². The molecule has 1 aromatic heterocycles. The fourth-order valence-corrected chi connectivity index (χ4v) is 1.42. The van der Waals surface area contributed by atoms with Gasteiger partial charge in [-0.05, 0) is 18.2 Å². The minimum absolute atomic E-state index is 0.309. The van der Waals surface area contributed by atoms with Crippen LogP contribution in [0.5, 0.6) is 0 Å². The summed E-state index contributed by atoms with van der Waals surface area (Å²) in [4.78, 5) is 4.15. The summed E-state index contributed by atoms with van der Waals surface area (Å²) in [5.41, 5.74) is 6.82. The van der Waals surface area contributed by atoms with Gasteiger partial charge in [0.25, 0.3) is 0 Å². The number of nitrogens with one attached hydrogen (secondary N) is 1. The average molecular weight is 220 g/mol. The Kier molecular flexibility index (Phi) is 2.76. The minimum Gasteiger partial charge on any atom is -0.397 e. The molecular weight excluding hydrogens is 207 g/mol. The first kappa shape index (κ1) is 10.5. The first-order valence-electron chi connectivity index (χ1n) is 4.92. The fraction of sp³-hybridized carbons (Fsp3) is 0.182. The Bertz CT molecular complexity index is 492. The van der Waals surface area contributed by atoms with Crippen molar-refractivity contribution >= 4 is 11.4 Å². The van der Waals surface area contributed by atoms with E-state index in [1.807, 2.05) is 17.8 Å². The Morgan fingerprint density at radius 3 is 3.00 bits per heavy atom. The SMILES string of the molecule is Cn1ccnc1CNc1cc(F)ccc1N. The zero-order chi connectivity index (χ0) is 11.5. The first-order valence-corrected chi connectivity index (χ1v) is 4.92. The van der Waals surface area contributed by atoms with Crippen LogP contribution in [0.25, 0.3) is 0 Å². The molecule has 84 valence electrons. The van der Waals surface area contributed by atoms with Crippen molar-refractivity contribution in [1.82, 2.24) is 9.55 Å². The molecule has 0 aliphatic heterocycles. The van der Waals surface area contributed by atoms with Crippen molar-refractivity contribution in [3.05, 3.63) is 42.2 Å². The lowest BCUT2D eigenvalue weighted by atomic mass is 10.2. The molecule has 0 aliphatic carbocycles. The molecule has 0 amide bonds. The Morgan fingerprint density at radius 1 is 1.50 bits per heavy atom. The standard InChI is InChI=1S/C11H13FN4/c1-16-5-4-14-11(16)7-15-10-6-8(12)2-3-9(10)13/h2-6,15H,7,13H2,1H3. The number of anilines is 2. The molecule has 1 aromatic carbocycles. The van der Waals surface area contributed by atoms with Gasteiger partial charge in [0.2, 0.25) is 0 Å². The van der Waals surface area contributed by atoms with Gasteiger partial charge < -0.3 is 15.6 Å². The topological polar surface area (TPSA) is 55.9 Å². The van der Waals surface area contributed by atoms with Gasteiger partial charge in [0.05, 0.1) is 17.9 Å². The van der Waals surface area contributed by atoms with Gasteiger partial charge in [-0.15, -0.1) is 0 Å². The van der Waals surface area contributed by atoms with Crippen molar-refractivity contribution in [2.24, 2.45) is 7.05 Å². The minimum atomic E-state index is -0.309. The molecule has 16 heavy (non-hydrogen) atoms. The van der Waals surface area contributed by atoms with E-state index in [-0.39, 0.29) is 5.82 Å². The maximum atomic E-state index is 13.0. The Morgan fingerprint density at radius 2 is 2.31 bits per heavy atom. The van der Waals surface area contributed by atoms with Crippen molar-refractivity contribution in [2.75, 3.05) is 11.1 Å². The van der Waals surface area contributed by atoms with Gasteiger partial charge >= 0.3 is 0 Å². The first-order chi connectivity index (χ1) is 7.66. The van der Waals surface area contributed by atoms with Gasteiger partial charge in [-0.2, -0.15) is 0 Å². The van der Waals surface area contributed by atoms with Crippen molar-refractivity contribution in [1.29, 1.82) is 0 Å². The summed E-state index contributed by atoms with van der Waals surface area (Å²) >= 11 is 0. The average Bonchev–Trinajstić information content (AvgIpc) is 2.66. The number of aromatic nitrogens is 2. The molecule has 1 heterocycles. The summed E-state index contributed by atoms with van der Waals surface area (Å²) < 4.78 is 14.9. The van der Waals surface area contributed by atoms with E-state index < -0.39 is 0 Å². The smallest absolute Gasteiger partial charge is 0.127 e. The molecule has 0 unspecified atom stereocenters. The summed E-state index contributed by atoms with van der Waals surface area (Å²) in [5, 5.41) is 3.05. The zero-order valence-electron chi connectivity index (χ0n) is 8.94. The lowest BCUT2D eigenvalue weighted by molar-refractivity contribution is 0.628. The number of benzene rings is 1. The molecule has 0 saturated carbocycles. The van der Waals surface area contributed by atoms with Crippen molar-refractivity contribution in [2.45, 2.75) is 6.54 Å². The normalized spacial score (nSPS) is 10.4. The van der Waals surface area contributed by atoms with Gasteiger partial charge in [0.15, 0.2) is 0 Å². The predicted octanol–water partition coefficient (Wildman–Crippen LogP) is 1.75. The number of halogens is 1. The number of aryl methyl sites for hydroxylation is 1.